The van der Waals surface area contributed by atoms with E-state index in [9.17, 15) is 13.2 Å². The van der Waals surface area contributed by atoms with Crippen LogP contribution in [-0.4, -0.2) is 73.3 Å². The molecule has 1 saturated heterocycles. The number of hydrogen-bond donors (Lipinski definition) is 1. The first-order valence-corrected chi connectivity index (χ1v) is 10.0. The lowest BCUT2D eigenvalue weighted by Gasteiger charge is -2.37. The van der Waals surface area contributed by atoms with Crippen molar-refractivity contribution >= 4 is 16.2 Å². The third-order valence-electron chi connectivity index (χ3n) is 4.88. The third kappa shape index (κ3) is 4.58. The molecule has 0 unspecified atom stereocenters. The minimum Gasteiger partial charge on any atom is -0.335 e. The van der Waals surface area contributed by atoms with Crippen LogP contribution in [0.3, 0.4) is 0 Å². The fourth-order valence-electron chi connectivity index (χ4n) is 3.08. The summed E-state index contributed by atoms with van der Waals surface area (Å²) in [7, 11) is -1.83. The smallest absolute Gasteiger partial charge is 0.317 e. The van der Waals surface area contributed by atoms with Crippen molar-refractivity contribution in [3.8, 4) is 0 Å². The average molecular weight is 346 g/mol. The molecule has 2 amide bonds. The van der Waals surface area contributed by atoms with E-state index in [-0.39, 0.29) is 18.1 Å². The molecule has 2 rings (SSSR count). The van der Waals surface area contributed by atoms with E-state index in [4.69, 9.17) is 0 Å². The van der Waals surface area contributed by atoms with Gasteiger partial charge in [-0.3, -0.25) is 0 Å². The number of amides is 2. The van der Waals surface area contributed by atoms with E-state index >= 15 is 0 Å². The number of piperazine rings is 1. The van der Waals surface area contributed by atoms with Crippen molar-refractivity contribution in [3.05, 3.63) is 0 Å². The molecule has 1 N–H and O–H groups in total. The molecule has 1 saturated carbocycles. The normalized spacial score (nSPS) is 21.9. The highest BCUT2D eigenvalue weighted by atomic mass is 32.2. The Morgan fingerprint density at radius 3 is 2.17 bits per heavy atom. The summed E-state index contributed by atoms with van der Waals surface area (Å²) < 4.78 is 27.8. The van der Waals surface area contributed by atoms with Crippen LogP contribution in [0.25, 0.3) is 0 Å². The lowest BCUT2D eigenvalue weighted by atomic mass is 9.96. The second kappa shape index (κ2) is 7.81. The van der Waals surface area contributed by atoms with Crippen LogP contribution >= 0.6 is 0 Å². The molecule has 23 heavy (non-hydrogen) atoms. The first-order valence-electron chi connectivity index (χ1n) is 8.61. The van der Waals surface area contributed by atoms with Gasteiger partial charge in [-0.25, -0.2) is 4.79 Å². The number of hydrogen-bond acceptors (Lipinski definition) is 3. The predicted molar refractivity (Wildman–Crippen MR) is 90.4 cm³/mol. The van der Waals surface area contributed by atoms with Crippen molar-refractivity contribution in [1.29, 1.82) is 0 Å². The van der Waals surface area contributed by atoms with Crippen molar-refractivity contribution in [1.82, 2.24) is 18.8 Å². The first-order chi connectivity index (χ1) is 10.8. The van der Waals surface area contributed by atoms with Crippen LogP contribution in [0.4, 0.5) is 4.79 Å². The van der Waals surface area contributed by atoms with Gasteiger partial charge in [-0.2, -0.15) is 17.0 Å². The molecular weight excluding hydrogens is 316 g/mol. The summed E-state index contributed by atoms with van der Waals surface area (Å²) in [5, 5.41) is 3.09. The summed E-state index contributed by atoms with van der Waals surface area (Å²) in [6, 6.07) is 0.156. The van der Waals surface area contributed by atoms with Gasteiger partial charge >= 0.3 is 6.03 Å². The number of nitrogens with zero attached hydrogens (tertiary/aromatic N) is 3. The quantitative estimate of drug-likeness (QED) is 0.832. The van der Waals surface area contributed by atoms with Gasteiger partial charge in [0.2, 0.25) is 0 Å². The van der Waals surface area contributed by atoms with E-state index < -0.39 is 10.2 Å². The van der Waals surface area contributed by atoms with Gasteiger partial charge in [0.15, 0.2) is 0 Å². The van der Waals surface area contributed by atoms with Gasteiger partial charge in [0.05, 0.1) is 0 Å². The van der Waals surface area contributed by atoms with Crippen LogP contribution in [0.15, 0.2) is 0 Å². The fourth-order valence-corrected chi connectivity index (χ4v) is 4.61. The predicted octanol–water partition coefficient (Wildman–Crippen LogP) is 1.23. The summed E-state index contributed by atoms with van der Waals surface area (Å²) in [4.78, 5) is 14.0. The van der Waals surface area contributed by atoms with Crippen LogP contribution < -0.4 is 5.32 Å². The van der Waals surface area contributed by atoms with E-state index in [1.54, 1.807) is 11.9 Å². The number of nitrogens with one attached hydrogen (secondary N) is 1. The molecule has 0 bridgehead atoms. The molecule has 1 heterocycles. The van der Waals surface area contributed by atoms with Crippen molar-refractivity contribution in [2.45, 2.75) is 58.0 Å². The Labute approximate surface area is 140 Å². The molecule has 0 radical (unpaired) electrons. The zero-order valence-electron chi connectivity index (χ0n) is 14.5. The number of rotatable bonds is 4. The molecule has 8 heteroatoms. The van der Waals surface area contributed by atoms with E-state index in [0.29, 0.717) is 26.2 Å². The van der Waals surface area contributed by atoms with E-state index in [2.05, 4.69) is 5.32 Å². The maximum absolute atomic E-state index is 12.5. The van der Waals surface area contributed by atoms with Gasteiger partial charge in [0.25, 0.3) is 10.2 Å². The Bertz CT molecular complexity index is 495. The van der Waals surface area contributed by atoms with E-state index in [1.807, 2.05) is 13.8 Å². The summed E-state index contributed by atoms with van der Waals surface area (Å²) in [5.41, 5.74) is 0. The minimum atomic E-state index is -3.43. The Kier molecular flexibility index (Phi) is 6.27. The molecular formula is C15H30N4O3S. The van der Waals surface area contributed by atoms with Crippen LogP contribution in [-0.2, 0) is 10.2 Å². The van der Waals surface area contributed by atoms with Gasteiger partial charge in [-0.15, -0.1) is 0 Å². The molecule has 7 nitrogen and oxygen atoms in total. The second-order valence-corrected chi connectivity index (χ2v) is 8.78. The van der Waals surface area contributed by atoms with Crippen molar-refractivity contribution in [3.63, 3.8) is 0 Å². The topological polar surface area (TPSA) is 73.0 Å². The molecule has 1 aliphatic carbocycles. The van der Waals surface area contributed by atoms with Gasteiger partial charge in [-0.1, -0.05) is 19.3 Å². The molecule has 2 fully saturated rings. The third-order valence-corrected chi connectivity index (χ3v) is 7.04. The molecule has 0 atom stereocenters. The molecule has 0 aromatic carbocycles. The zero-order chi connectivity index (χ0) is 17.0. The van der Waals surface area contributed by atoms with Crippen LogP contribution in [0.1, 0.15) is 46.0 Å². The summed E-state index contributed by atoms with van der Waals surface area (Å²) in [6.07, 6.45) is 5.72. The maximum atomic E-state index is 12.5. The van der Waals surface area contributed by atoms with Crippen LogP contribution in [0.2, 0.25) is 0 Å². The number of urea groups is 1. The number of carbonyl (C=O) groups excluding carboxylic acids is 1. The Morgan fingerprint density at radius 1 is 1.09 bits per heavy atom. The minimum absolute atomic E-state index is 0.0498. The summed E-state index contributed by atoms with van der Waals surface area (Å²) >= 11 is 0. The summed E-state index contributed by atoms with van der Waals surface area (Å²) in [5.74, 6) is 0. The van der Waals surface area contributed by atoms with Gasteiger partial charge in [0, 0.05) is 45.3 Å². The summed E-state index contributed by atoms with van der Waals surface area (Å²) in [6.45, 7) is 5.32. The standard InChI is InChI=1S/C15H30N4O3S/c1-13(2)17(3)23(21,22)19-11-9-18(10-12-19)15(20)16-14-7-5-4-6-8-14/h13-14H,4-12H2,1-3H3,(H,16,20). The molecule has 0 aromatic heterocycles. The highest BCUT2D eigenvalue weighted by molar-refractivity contribution is 7.86. The maximum Gasteiger partial charge on any atom is 0.317 e. The van der Waals surface area contributed by atoms with Crippen molar-refractivity contribution in [2.24, 2.45) is 0 Å². The zero-order valence-corrected chi connectivity index (χ0v) is 15.3. The SMILES string of the molecule is CC(C)N(C)S(=O)(=O)N1CCN(C(=O)NC2CCCCC2)CC1. The Balaban J connectivity index is 1.84. The van der Waals surface area contributed by atoms with Gasteiger partial charge in [-0.05, 0) is 26.7 Å². The van der Waals surface area contributed by atoms with E-state index in [0.717, 1.165) is 12.8 Å². The van der Waals surface area contributed by atoms with Crippen molar-refractivity contribution in [2.75, 3.05) is 33.2 Å². The largest absolute Gasteiger partial charge is 0.335 e. The highest BCUT2D eigenvalue weighted by Gasteiger charge is 2.33. The molecule has 134 valence electrons. The molecule has 2 aliphatic rings. The molecule has 0 aromatic rings. The lowest BCUT2D eigenvalue weighted by molar-refractivity contribution is 0.163. The monoisotopic (exact) mass is 346 g/mol. The van der Waals surface area contributed by atoms with E-state index in [1.165, 1.54) is 27.9 Å². The van der Waals surface area contributed by atoms with Gasteiger partial charge < -0.3 is 10.2 Å². The van der Waals surface area contributed by atoms with Crippen molar-refractivity contribution < 1.29 is 13.2 Å². The van der Waals surface area contributed by atoms with Crippen LogP contribution in [0.5, 0.6) is 0 Å². The molecule has 0 spiro atoms. The lowest BCUT2D eigenvalue weighted by Crippen LogP contribution is -2.57. The number of carbonyl (C=O) groups is 1. The van der Waals surface area contributed by atoms with Crippen LogP contribution in [0, 0.1) is 0 Å². The first kappa shape index (κ1) is 18.5. The Hall–Kier alpha value is -0.860. The Morgan fingerprint density at radius 2 is 1.65 bits per heavy atom. The average Bonchev–Trinajstić information content (AvgIpc) is 2.55. The fraction of sp³-hybridized carbons (Fsp3) is 0.933. The highest BCUT2D eigenvalue weighted by Crippen LogP contribution is 2.18. The van der Waals surface area contributed by atoms with Gasteiger partial charge in [0.1, 0.15) is 0 Å². The second-order valence-electron chi connectivity index (χ2n) is 6.79. The molecule has 1 aliphatic heterocycles.